The molecular formula is C20H20ClFN2O4S. The topological polar surface area (TPSA) is 75.7 Å². The average molecular weight is 439 g/mol. The number of allylic oxidation sites excluding steroid dienone is 1. The van der Waals surface area contributed by atoms with Gasteiger partial charge >= 0.3 is 0 Å². The van der Waals surface area contributed by atoms with E-state index < -0.39 is 26.6 Å². The molecule has 29 heavy (non-hydrogen) atoms. The van der Waals surface area contributed by atoms with Crippen molar-refractivity contribution in [3.63, 3.8) is 0 Å². The summed E-state index contributed by atoms with van der Waals surface area (Å²) >= 11 is 6.13. The number of anilines is 1. The van der Waals surface area contributed by atoms with E-state index in [1.165, 1.54) is 16.4 Å². The number of nitrogens with one attached hydrogen (secondary N) is 1. The first kappa shape index (κ1) is 21.4. The smallest absolute Gasteiger partial charge is 0.248 e. The van der Waals surface area contributed by atoms with Crippen LogP contribution in [0.3, 0.4) is 0 Å². The summed E-state index contributed by atoms with van der Waals surface area (Å²) in [5.74, 6) is -1.36. The molecule has 1 saturated heterocycles. The SMILES string of the molecule is CC(=CC(=O)Nc1ccc(F)c(S(=O)(=O)N2CCOCC2)c1)c1ccccc1Cl. The summed E-state index contributed by atoms with van der Waals surface area (Å²) in [6.45, 7) is 2.54. The fraction of sp³-hybridized carbons (Fsp3) is 0.250. The summed E-state index contributed by atoms with van der Waals surface area (Å²) in [7, 11) is -4.03. The summed E-state index contributed by atoms with van der Waals surface area (Å²) in [6, 6.07) is 10.5. The zero-order valence-corrected chi connectivity index (χ0v) is 17.3. The van der Waals surface area contributed by atoms with Crippen molar-refractivity contribution >= 4 is 38.8 Å². The molecule has 9 heteroatoms. The first-order chi connectivity index (χ1) is 13.8. The summed E-state index contributed by atoms with van der Waals surface area (Å²) in [6.07, 6.45) is 1.35. The molecule has 0 spiro atoms. The molecule has 1 N–H and O–H groups in total. The zero-order valence-electron chi connectivity index (χ0n) is 15.7. The zero-order chi connectivity index (χ0) is 21.0. The lowest BCUT2D eigenvalue weighted by Crippen LogP contribution is -2.40. The van der Waals surface area contributed by atoms with Gasteiger partial charge in [-0.25, -0.2) is 12.8 Å². The Balaban J connectivity index is 1.82. The highest BCUT2D eigenvalue weighted by Crippen LogP contribution is 2.25. The number of carbonyl (C=O) groups is 1. The number of hydrogen-bond donors (Lipinski definition) is 1. The van der Waals surface area contributed by atoms with Crippen LogP contribution in [0.4, 0.5) is 10.1 Å². The lowest BCUT2D eigenvalue weighted by molar-refractivity contribution is -0.111. The molecule has 0 unspecified atom stereocenters. The van der Waals surface area contributed by atoms with Crippen LogP contribution >= 0.6 is 11.6 Å². The Morgan fingerprint density at radius 2 is 1.90 bits per heavy atom. The van der Waals surface area contributed by atoms with E-state index in [9.17, 15) is 17.6 Å². The quantitative estimate of drug-likeness (QED) is 0.724. The predicted octanol–water partition coefficient (Wildman–Crippen LogP) is 3.54. The van der Waals surface area contributed by atoms with Crippen molar-refractivity contribution < 1.29 is 22.3 Å². The molecule has 6 nitrogen and oxygen atoms in total. The average Bonchev–Trinajstić information content (AvgIpc) is 2.70. The number of rotatable bonds is 5. The molecule has 1 fully saturated rings. The van der Waals surface area contributed by atoms with Crippen LogP contribution in [0, 0.1) is 5.82 Å². The molecule has 0 atom stereocenters. The van der Waals surface area contributed by atoms with Gasteiger partial charge in [0.1, 0.15) is 10.7 Å². The standard InChI is InChI=1S/C20H20ClFN2O4S/c1-14(16-4-2-3-5-17(16)21)12-20(25)23-15-6-7-18(22)19(13-15)29(26,27)24-8-10-28-11-9-24/h2-7,12-13H,8-11H2,1H3,(H,23,25). The lowest BCUT2D eigenvalue weighted by atomic mass is 10.1. The molecule has 1 amide bonds. The minimum Gasteiger partial charge on any atom is -0.379 e. The lowest BCUT2D eigenvalue weighted by Gasteiger charge is -2.26. The Kier molecular flexibility index (Phi) is 6.69. The summed E-state index contributed by atoms with van der Waals surface area (Å²) < 4.78 is 46.0. The van der Waals surface area contributed by atoms with Gasteiger partial charge in [0.25, 0.3) is 0 Å². The van der Waals surface area contributed by atoms with Crippen LogP contribution in [-0.4, -0.2) is 44.9 Å². The Bertz CT molecular complexity index is 1050. The van der Waals surface area contributed by atoms with E-state index in [0.717, 1.165) is 12.1 Å². The largest absolute Gasteiger partial charge is 0.379 e. The van der Waals surface area contributed by atoms with Crippen LogP contribution in [-0.2, 0) is 19.6 Å². The third-order valence-electron chi connectivity index (χ3n) is 4.43. The molecule has 154 valence electrons. The monoisotopic (exact) mass is 438 g/mol. The number of hydrogen-bond acceptors (Lipinski definition) is 4. The van der Waals surface area contributed by atoms with Crippen LogP contribution in [0.15, 0.2) is 53.4 Å². The van der Waals surface area contributed by atoms with Crippen molar-refractivity contribution in [3.05, 3.63) is 64.9 Å². The minimum absolute atomic E-state index is 0.151. The van der Waals surface area contributed by atoms with Gasteiger partial charge in [-0.1, -0.05) is 29.8 Å². The number of halogens is 2. The van der Waals surface area contributed by atoms with Gasteiger partial charge in [0.2, 0.25) is 15.9 Å². The highest BCUT2D eigenvalue weighted by atomic mass is 35.5. The second kappa shape index (κ2) is 9.04. The Hall–Kier alpha value is -2.26. The second-order valence-electron chi connectivity index (χ2n) is 6.46. The van der Waals surface area contributed by atoms with Gasteiger partial charge in [0.05, 0.1) is 13.2 Å². The molecule has 0 radical (unpaired) electrons. The molecule has 0 saturated carbocycles. The number of sulfonamides is 1. The van der Waals surface area contributed by atoms with E-state index in [4.69, 9.17) is 16.3 Å². The van der Waals surface area contributed by atoms with Crippen LogP contribution < -0.4 is 5.32 Å². The van der Waals surface area contributed by atoms with Crippen molar-refractivity contribution in [2.45, 2.75) is 11.8 Å². The maximum atomic E-state index is 14.3. The van der Waals surface area contributed by atoms with Crippen LogP contribution in [0.25, 0.3) is 5.57 Å². The first-order valence-corrected chi connectivity index (χ1v) is 10.7. The van der Waals surface area contributed by atoms with Gasteiger partial charge in [-0.15, -0.1) is 0 Å². The number of ether oxygens (including phenoxy) is 1. The maximum Gasteiger partial charge on any atom is 0.248 e. The molecule has 1 heterocycles. The Morgan fingerprint density at radius 1 is 1.21 bits per heavy atom. The van der Waals surface area contributed by atoms with E-state index in [1.807, 2.05) is 0 Å². The van der Waals surface area contributed by atoms with Crippen molar-refractivity contribution in [2.75, 3.05) is 31.6 Å². The molecule has 2 aromatic carbocycles. The number of amides is 1. The maximum absolute atomic E-state index is 14.3. The fourth-order valence-electron chi connectivity index (χ4n) is 2.94. The van der Waals surface area contributed by atoms with E-state index in [0.29, 0.717) is 16.2 Å². The van der Waals surface area contributed by atoms with Crippen LogP contribution in [0.5, 0.6) is 0 Å². The molecule has 2 aromatic rings. The third kappa shape index (κ3) is 5.02. The fourth-order valence-corrected chi connectivity index (χ4v) is 4.72. The summed E-state index contributed by atoms with van der Waals surface area (Å²) in [5, 5.41) is 3.08. The Morgan fingerprint density at radius 3 is 2.59 bits per heavy atom. The highest BCUT2D eigenvalue weighted by molar-refractivity contribution is 7.89. The van der Waals surface area contributed by atoms with Gasteiger partial charge in [-0.2, -0.15) is 4.31 Å². The van der Waals surface area contributed by atoms with E-state index in [1.54, 1.807) is 31.2 Å². The molecule has 0 aromatic heterocycles. The minimum atomic E-state index is -4.03. The molecular weight excluding hydrogens is 419 g/mol. The highest BCUT2D eigenvalue weighted by Gasteiger charge is 2.29. The van der Waals surface area contributed by atoms with Crippen molar-refractivity contribution in [2.24, 2.45) is 0 Å². The molecule has 0 bridgehead atoms. The predicted molar refractivity (Wildman–Crippen MR) is 110 cm³/mol. The van der Waals surface area contributed by atoms with Crippen LogP contribution in [0.2, 0.25) is 5.02 Å². The van der Waals surface area contributed by atoms with Gasteiger partial charge in [-0.05, 0) is 42.3 Å². The van der Waals surface area contributed by atoms with E-state index in [2.05, 4.69) is 5.32 Å². The second-order valence-corrected chi connectivity index (χ2v) is 8.77. The first-order valence-electron chi connectivity index (χ1n) is 8.90. The number of benzene rings is 2. The van der Waals surface area contributed by atoms with Crippen molar-refractivity contribution in [3.8, 4) is 0 Å². The van der Waals surface area contributed by atoms with Crippen LogP contribution in [0.1, 0.15) is 12.5 Å². The van der Waals surface area contributed by atoms with E-state index in [-0.39, 0.29) is 32.0 Å². The number of carbonyl (C=O) groups excluding carboxylic acids is 1. The number of morpholine rings is 1. The molecule has 0 aliphatic carbocycles. The Labute approximate surface area is 174 Å². The van der Waals surface area contributed by atoms with E-state index >= 15 is 0 Å². The molecule has 1 aliphatic rings. The van der Waals surface area contributed by atoms with Gasteiger partial charge in [0, 0.05) is 29.9 Å². The van der Waals surface area contributed by atoms with Crippen molar-refractivity contribution in [1.29, 1.82) is 0 Å². The van der Waals surface area contributed by atoms with Gasteiger partial charge < -0.3 is 10.1 Å². The molecule has 1 aliphatic heterocycles. The van der Waals surface area contributed by atoms with Gasteiger partial charge in [0.15, 0.2) is 0 Å². The normalized spacial score (nSPS) is 15.9. The van der Waals surface area contributed by atoms with Gasteiger partial charge in [-0.3, -0.25) is 4.79 Å². The van der Waals surface area contributed by atoms with Crippen molar-refractivity contribution in [1.82, 2.24) is 4.31 Å². The third-order valence-corrected chi connectivity index (χ3v) is 6.68. The summed E-state index contributed by atoms with van der Waals surface area (Å²) in [5.41, 5.74) is 1.52. The number of nitrogens with zero attached hydrogens (tertiary/aromatic N) is 1. The summed E-state index contributed by atoms with van der Waals surface area (Å²) in [4.78, 5) is 11.9. The molecule has 3 rings (SSSR count).